The second-order valence-electron chi connectivity index (χ2n) is 6.39. The molecule has 0 aliphatic carbocycles. The van der Waals surface area contributed by atoms with E-state index in [9.17, 15) is 0 Å². The zero-order valence-corrected chi connectivity index (χ0v) is 14.1. The number of nitrogens with zero attached hydrogens (tertiary/aromatic N) is 5. The van der Waals surface area contributed by atoms with Crippen LogP contribution in [0.3, 0.4) is 0 Å². The van der Waals surface area contributed by atoms with Crippen molar-refractivity contribution in [3.05, 3.63) is 42.7 Å². The molecule has 4 rings (SSSR count). The number of fused-ring (bicyclic) bond motifs is 1. The van der Waals surface area contributed by atoms with E-state index in [1.54, 1.807) is 12.4 Å². The van der Waals surface area contributed by atoms with Gasteiger partial charge in [0.1, 0.15) is 5.52 Å². The van der Waals surface area contributed by atoms with Crippen molar-refractivity contribution in [1.82, 2.24) is 15.0 Å². The van der Waals surface area contributed by atoms with Gasteiger partial charge in [0.05, 0.1) is 11.2 Å². The largest absolute Gasteiger partial charge is 0.378 e. The van der Waals surface area contributed by atoms with Crippen molar-refractivity contribution >= 4 is 22.5 Å². The average Bonchev–Trinajstić information content (AvgIpc) is 3.15. The van der Waals surface area contributed by atoms with Crippen molar-refractivity contribution in [2.45, 2.75) is 12.8 Å². The van der Waals surface area contributed by atoms with Crippen LogP contribution >= 0.6 is 0 Å². The van der Waals surface area contributed by atoms with Gasteiger partial charge in [0, 0.05) is 50.8 Å². The molecular weight excluding hydrogens is 298 g/mol. The van der Waals surface area contributed by atoms with Crippen molar-refractivity contribution in [1.29, 1.82) is 0 Å². The van der Waals surface area contributed by atoms with E-state index >= 15 is 0 Å². The first-order chi connectivity index (χ1) is 11.7. The highest BCUT2D eigenvalue weighted by atomic mass is 15.2. The first-order valence-corrected chi connectivity index (χ1v) is 8.37. The van der Waals surface area contributed by atoms with Gasteiger partial charge in [-0.1, -0.05) is 12.1 Å². The molecule has 5 heteroatoms. The third-order valence-electron chi connectivity index (χ3n) is 4.52. The van der Waals surface area contributed by atoms with E-state index in [2.05, 4.69) is 44.0 Å². The van der Waals surface area contributed by atoms with Gasteiger partial charge in [0.15, 0.2) is 5.82 Å². The van der Waals surface area contributed by atoms with Gasteiger partial charge in [0.2, 0.25) is 0 Å². The molecule has 0 atom stereocenters. The van der Waals surface area contributed by atoms with Crippen LogP contribution in [0.2, 0.25) is 0 Å². The molecular formula is C19H21N5. The van der Waals surface area contributed by atoms with Crippen LogP contribution in [-0.4, -0.2) is 42.1 Å². The molecule has 0 N–H and O–H groups in total. The van der Waals surface area contributed by atoms with Crippen LogP contribution in [0.25, 0.3) is 22.3 Å². The zero-order chi connectivity index (χ0) is 16.5. The molecule has 0 unspecified atom stereocenters. The normalized spacial score (nSPS) is 14.3. The predicted molar refractivity (Wildman–Crippen MR) is 98.5 cm³/mol. The molecule has 0 radical (unpaired) electrons. The van der Waals surface area contributed by atoms with Gasteiger partial charge < -0.3 is 9.80 Å². The van der Waals surface area contributed by atoms with Crippen molar-refractivity contribution in [2.24, 2.45) is 0 Å². The third kappa shape index (κ3) is 2.66. The first kappa shape index (κ1) is 14.9. The fraction of sp³-hybridized carbons (Fsp3) is 0.316. The van der Waals surface area contributed by atoms with E-state index in [0.29, 0.717) is 0 Å². The molecule has 1 fully saturated rings. The Morgan fingerprint density at radius 1 is 0.958 bits per heavy atom. The molecule has 24 heavy (non-hydrogen) atoms. The Bertz CT molecular complexity index is 851. The van der Waals surface area contributed by atoms with E-state index in [0.717, 1.165) is 41.2 Å². The molecule has 0 amide bonds. The van der Waals surface area contributed by atoms with Gasteiger partial charge in [-0.2, -0.15) is 0 Å². The lowest BCUT2D eigenvalue weighted by molar-refractivity contribution is 0.942. The van der Waals surface area contributed by atoms with E-state index in [1.807, 2.05) is 20.2 Å². The highest BCUT2D eigenvalue weighted by Gasteiger charge is 2.19. The zero-order valence-electron chi connectivity index (χ0n) is 14.1. The standard InChI is InChI=1S/C19H21N5/c1-23(2)15-7-5-14(6-8-15)16-13-17-18(21-10-9-20-17)19(22-16)24-11-3-4-12-24/h5-10,13H,3-4,11-12H2,1-2H3. The first-order valence-electron chi connectivity index (χ1n) is 8.37. The lowest BCUT2D eigenvalue weighted by Crippen LogP contribution is -2.20. The Balaban J connectivity index is 1.83. The lowest BCUT2D eigenvalue weighted by atomic mass is 10.1. The average molecular weight is 319 g/mol. The number of anilines is 2. The minimum absolute atomic E-state index is 0.896. The Morgan fingerprint density at radius 3 is 2.38 bits per heavy atom. The van der Waals surface area contributed by atoms with E-state index in [4.69, 9.17) is 4.98 Å². The minimum Gasteiger partial charge on any atom is -0.378 e. The van der Waals surface area contributed by atoms with Gasteiger partial charge in [-0.15, -0.1) is 0 Å². The number of aromatic nitrogens is 3. The minimum atomic E-state index is 0.896. The summed E-state index contributed by atoms with van der Waals surface area (Å²) in [6.45, 7) is 2.09. The molecule has 2 aromatic heterocycles. The smallest absolute Gasteiger partial charge is 0.157 e. The molecule has 122 valence electrons. The monoisotopic (exact) mass is 319 g/mol. The quantitative estimate of drug-likeness (QED) is 0.741. The molecule has 3 heterocycles. The van der Waals surface area contributed by atoms with Crippen LogP contribution < -0.4 is 9.80 Å². The van der Waals surface area contributed by atoms with Crippen LogP contribution in [0.5, 0.6) is 0 Å². The second kappa shape index (κ2) is 6.07. The number of pyridine rings is 1. The summed E-state index contributed by atoms with van der Waals surface area (Å²) in [6, 6.07) is 10.5. The highest BCUT2D eigenvalue weighted by Crippen LogP contribution is 2.30. The maximum Gasteiger partial charge on any atom is 0.157 e. The molecule has 5 nitrogen and oxygen atoms in total. The van der Waals surface area contributed by atoms with Crippen molar-refractivity contribution in [3.63, 3.8) is 0 Å². The summed E-state index contributed by atoms with van der Waals surface area (Å²) in [5.41, 5.74) is 5.04. The molecule has 1 saturated heterocycles. The van der Waals surface area contributed by atoms with Crippen molar-refractivity contribution < 1.29 is 0 Å². The van der Waals surface area contributed by atoms with Gasteiger partial charge >= 0.3 is 0 Å². The molecule has 3 aromatic rings. The van der Waals surface area contributed by atoms with Crippen molar-refractivity contribution in [3.8, 4) is 11.3 Å². The summed E-state index contributed by atoms with van der Waals surface area (Å²) < 4.78 is 0. The van der Waals surface area contributed by atoms with Crippen LogP contribution in [0.15, 0.2) is 42.7 Å². The van der Waals surface area contributed by atoms with E-state index in [1.165, 1.54) is 18.5 Å². The number of hydrogen-bond acceptors (Lipinski definition) is 5. The summed E-state index contributed by atoms with van der Waals surface area (Å²) in [5, 5.41) is 0. The molecule has 0 spiro atoms. The molecule has 1 aromatic carbocycles. The maximum atomic E-state index is 4.94. The Labute approximate surface area is 142 Å². The summed E-state index contributed by atoms with van der Waals surface area (Å²) >= 11 is 0. The lowest BCUT2D eigenvalue weighted by Gasteiger charge is -2.19. The number of benzene rings is 1. The maximum absolute atomic E-state index is 4.94. The fourth-order valence-electron chi connectivity index (χ4n) is 3.18. The predicted octanol–water partition coefficient (Wildman–Crippen LogP) is 3.36. The van der Waals surface area contributed by atoms with Gasteiger partial charge in [-0.3, -0.25) is 4.98 Å². The van der Waals surface area contributed by atoms with Crippen molar-refractivity contribution in [2.75, 3.05) is 37.0 Å². The van der Waals surface area contributed by atoms with Gasteiger partial charge in [-0.05, 0) is 31.0 Å². The third-order valence-corrected chi connectivity index (χ3v) is 4.52. The molecule has 1 aliphatic heterocycles. The molecule has 0 saturated carbocycles. The van der Waals surface area contributed by atoms with Gasteiger partial charge in [-0.25, -0.2) is 9.97 Å². The fourth-order valence-corrected chi connectivity index (χ4v) is 3.18. The topological polar surface area (TPSA) is 45.2 Å². The Kier molecular flexibility index (Phi) is 3.76. The summed E-state index contributed by atoms with van der Waals surface area (Å²) in [6.07, 6.45) is 5.92. The Hall–Kier alpha value is -2.69. The number of rotatable bonds is 3. The second-order valence-corrected chi connectivity index (χ2v) is 6.39. The Morgan fingerprint density at radius 2 is 1.67 bits per heavy atom. The van der Waals surface area contributed by atoms with E-state index in [-0.39, 0.29) is 0 Å². The summed E-state index contributed by atoms with van der Waals surface area (Å²) in [4.78, 5) is 18.4. The van der Waals surface area contributed by atoms with Crippen LogP contribution in [0.4, 0.5) is 11.5 Å². The SMILES string of the molecule is CN(C)c1ccc(-c2cc3nccnc3c(N3CCCC3)n2)cc1. The van der Waals surface area contributed by atoms with Crippen LogP contribution in [0.1, 0.15) is 12.8 Å². The van der Waals surface area contributed by atoms with Crippen LogP contribution in [0, 0.1) is 0 Å². The van der Waals surface area contributed by atoms with Crippen LogP contribution in [-0.2, 0) is 0 Å². The summed E-state index contributed by atoms with van der Waals surface area (Å²) in [5.74, 6) is 0.963. The number of hydrogen-bond donors (Lipinski definition) is 0. The van der Waals surface area contributed by atoms with Gasteiger partial charge in [0.25, 0.3) is 0 Å². The summed E-state index contributed by atoms with van der Waals surface area (Å²) in [7, 11) is 4.09. The van der Waals surface area contributed by atoms with E-state index < -0.39 is 0 Å². The molecule has 1 aliphatic rings. The highest BCUT2D eigenvalue weighted by molar-refractivity contribution is 5.89. The molecule has 0 bridgehead atoms.